The summed E-state index contributed by atoms with van der Waals surface area (Å²) in [5, 5.41) is 5.93. The molecule has 0 radical (unpaired) electrons. The number of rotatable bonds is 8. The summed E-state index contributed by atoms with van der Waals surface area (Å²) in [5.41, 5.74) is 1.85. The standard InChI is InChI=1S/C25H28N2O5/c1-15(2)31-14-20(16(3)30-4)26-24(28)13-27-21-8-6-5-7-18(21)19-11-17-9-10-25(29)32-23(17)12-22(19)27/h5-12,15-16,20H,13-14H2,1-4H3,(H,26,28)/t16-,20?/m0/s1. The number of nitrogens with zero attached hydrogens (tertiary/aromatic N) is 1. The minimum absolute atomic E-state index is 0.0544. The van der Waals surface area contributed by atoms with Crippen LogP contribution in [0.25, 0.3) is 32.8 Å². The van der Waals surface area contributed by atoms with Crippen molar-refractivity contribution in [2.45, 2.75) is 45.6 Å². The first kappa shape index (κ1) is 22.0. The van der Waals surface area contributed by atoms with E-state index in [4.69, 9.17) is 13.9 Å². The highest BCUT2D eigenvalue weighted by molar-refractivity contribution is 6.12. The molecule has 0 spiro atoms. The molecule has 1 unspecified atom stereocenters. The van der Waals surface area contributed by atoms with Crippen molar-refractivity contribution in [1.82, 2.24) is 9.88 Å². The van der Waals surface area contributed by atoms with E-state index in [1.54, 1.807) is 13.2 Å². The van der Waals surface area contributed by atoms with Gasteiger partial charge >= 0.3 is 5.63 Å². The van der Waals surface area contributed by atoms with Crippen LogP contribution < -0.4 is 10.9 Å². The number of hydrogen-bond donors (Lipinski definition) is 1. The van der Waals surface area contributed by atoms with Crippen molar-refractivity contribution >= 4 is 38.7 Å². The predicted molar refractivity (Wildman–Crippen MR) is 125 cm³/mol. The summed E-state index contributed by atoms with van der Waals surface area (Å²) in [7, 11) is 1.62. The number of carbonyl (C=O) groups is 1. The fourth-order valence-corrected chi connectivity index (χ4v) is 3.93. The highest BCUT2D eigenvalue weighted by Crippen LogP contribution is 2.32. The fraction of sp³-hybridized carbons (Fsp3) is 0.360. The molecular weight excluding hydrogens is 408 g/mol. The molecular formula is C25H28N2O5. The molecule has 7 nitrogen and oxygen atoms in total. The first-order chi connectivity index (χ1) is 15.4. The van der Waals surface area contributed by atoms with Crippen molar-refractivity contribution in [2.24, 2.45) is 0 Å². The van der Waals surface area contributed by atoms with Gasteiger partial charge in [0.25, 0.3) is 0 Å². The normalized spacial score (nSPS) is 13.8. The fourth-order valence-electron chi connectivity index (χ4n) is 3.93. The van der Waals surface area contributed by atoms with Crippen LogP contribution in [0.3, 0.4) is 0 Å². The van der Waals surface area contributed by atoms with Gasteiger partial charge in [-0.2, -0.15) is 0 Å². The average molecular weight is 437 g/mol. The molecule has 0 saturated heterocycles. The highest BCUT2D eigenvalue weighted by Gasteiger charge is 2.22. The van der Waals surface area contributed by atoms with Gasteiger partial charge < -0.3 is 23.8 Å². The third kappa shape index (κ3) is 4.40. The molecule has 0 aliphatic rings. The SMILES string of the molecule is CO[C@@H](C)C(COC(C)C)NC(=O)Cn1c2ccccc2c2cc3ccc(=O)oc3cc21. The summed E-state index contributed by atoms with van der Waals surface area (Å²) in [6.07, 6.45) is -0.146. The van der Waals surface area contributed by atoms with Crippen LogP contribution in [0.2, 0.25) is 0 Å². The number of aromatic nitrogens is 1. The Bertz CT molecular complexity index is 1320. The van der Waals surface area contributed by atoms with Gasteiger partial charge in [0.2, 0.25) is 5.91 Å². The van der Waals surface area contributed by atoms with E-state index in [9.17, 15) is 9.59 Å². The molecule has 0 aliphatic heterocycles. The van der Waals surface area contributed by atoms with E-state index in [-0.39, 0.29) is 30.7 Å². The Kier molecular flexibility index (Phi) is 6.30. The van der Waals surface area contributed by atoms with Crippen molar-refractivity contribution in [3.05, 3.63) is 59.0 Å². The zero-order valence-electron chi connectivity index (χ0n) is 18.8. The molecule has 2 aromatic heterocycles. The van der Waals surface area contributed by atoms with Crippen molar-refractivity contribution < 1.29 is 18.7 Å². The largest absolute Gasteiger partial charge is 0.423 e. The summed E-state index contributed by atoms with van der Waals surface area (Å²) < 4.78 is 18.5. The van der Waals surface area contributed by atoms with Gasteiger partial charge in [-0.3, -0.25) is 4.79 Å². The van der Waals surface area contributed by atoms with Gasteiger partial charge in [0.15, 0.2) is 0 Å². The van der Waals surface area contributed by atoms with Crippen molar-refractivity contribution in [1.29, 1.82) is 0 Å². The molecule has 0 bridgehead atoms. The van der Waals surface area contributed by atoms with Gasteiger partial charge in [-0.1, -0.05) is 18.2 Å². The number of amides is 1. The van der Waals surface area contributed by atoms with Crippen molar-refractivity contribution in [3.63, 3.8) is 0 Å². The van der Waals surface area contributed by atoms with E-state index in [0.29, 0.717) is 12.2 Å². The van der Waals surface area contributed by atoms with E-state index in [0.717, 1.165) is 27.2 Å². The summed E-state index contributed by atoms with van der Waals surface area (Å²) in [6.45, 7) is 6.29. The van der Waals surface area contributed by atoms with E-state index >= 15 is 0 Å². The molecule has 1 N–H and O–H groups in total. The molecule has 4 rings (SSSR count). The van der Waals surface area contributed by atoms with Gasteiger partial charge in [0.05, 0.1) is 30.4 Å². The van der Waals surface area contributed by atoms with Crippen LogP contribution in [-0.2, 0) is 20.8 Å². The van der Waals surface area contributed by atoms with E-state index < -0.39 is 5.63 Å². The lowest BCUT2D eigenvalue weighted by molar-refractivity contribution is -0.124. The summed E-state index contributed by atoms with van der Waals surface area (Å²) in [6, 6.07) is 14.7. The summed E-state index contributed by atoms with van der Waals surface area (Å²) in [4.78, 5) is 24.8. The van der Waals surface area contributed by atoms with Crippen LogP contribution in [0.5, 0.6) is 0 Å². The number of nitrogens with one attached hydrogen (secondary N) is 1. The molecule has 0 aliphatic carbocycles. The van der Waals surface area contributed by atoms with Crippen LogP contribution in [0.15, 0.2) is 57.7 Å². The molecule has 2 heterocycles. The third-order valence-corrected chi connectivity index (χ3v) is 5.71. The second kappa shape index (κ2) is 9.14. The average Bonchev–Trinajstić information content (AvgIpc) is 3.07. The zero-order valence-corrected chi connectivity index (χ0v) is 18.8. The Hall–Kier alpha value is -3.16. The van der Waals surface area contributed by atoms with Crippen LogP contribution >= 0.6 is 0 Å². The second-order valence-corrected chi connectivity index (χ2v) is 8.26. The van der Waals surface area contributed by atoms with Crippen LogP contribution in [0, 0.1) is 0 Å². The van der Waals surface area contributed by atoms with Gasteiger partial charge in [0, 0.05) is 40.9 Å². The van der Waals surface area contributed by atoms with Gasteiger partial charge in [-0.25, -0.2) is 4.79 Å². The Morgan fingerprint density at radius 2 is 1.84 bits per heavy atom. The Morgan fingerprint density at radius 1 is 1.06 bits per heavy atom. The highest BCUT2D eigenvalue weighted by atomic mass is 16.5. The van der Waals surface area contributed by atoms with Crippen LogP contribution in [-0.4, -0.2) is 42.4 Å². The maximum Gasteiger partial charge on any atom is 0.336 e. The molecule has 32 heavy (non-hydrogen) atoms. The number of benzene rings is 2. The first-order valence-corrected chi connectivity index (χ1v) is 10.8. The number of para-hydroxylation sites is 1. The van der Waals surface area contributed by atoms with Gasteiger partial charge in [-0.15, -0.1) is 0 Å². The number of hydrogen-bond acceptors (Lipinski definition) is 5. The maximum absolute atomic E-state index is 13.1. The second-order valence-electron chi connectivity index (χ2n) is 8.26. The summed E-state index contributed by atoms with van der Waals surface area (Å²) in [5.74, 6) is -0.150. The molecule has 4 aromatic rings. The Morgan fingerprint density at radius 3 is 2.59 bits per heavy atom. The van der Waals surface area contributed by atoms with Crippen LogP contribution in [0.4, 0.5) is 0 Å². The molecule has 168 valence electrons. The molecule has 7 heteroatoms. The minimum Gasteiger partial charge on any atom is -0.423 e. The number of ether oxygens (including phenoxy) is 2. The first-order valence-electron chi connectivity index (χ1n) is 10.8. The van der Waals surface area contributed by atoms with E-state index in [2.05, 4.69) is 5.32 Å². The Balaban J connectivity index is 1.72. The number of carbonyl (C=O) groups excluding carboxylic acids is 1. The van der Waals surface area contributed by atoms with Crippen molar-refractivity contribution in [2.75, 3.05) is 13.7 Å². The van der Waals surface area contributed by atoms with E-state index in [1.807, 2.05) is 61.7 Å². The van der Waals surface area contributed by atoms with E-state index in [1.165, 1.54) is 6.07 Å². The molecule has 2 aromatic carbocycles. The molecule has 0 saturated carbocycles. The topological polar surface area (TPSA) is 82.7 Å². The lowest BCUT2D eigenvalue weighted by Crippen LogP contribution is -2.47. The predicted octanol–water partition coefficient (Wildman–Crippen LogP) is 3.85. The third-order valence-electron chi connectivity index (χ3n) is 5.71. The Labute approximate surface area is 185 Å². The number of methoxy groups -OCH3 is 1. The smallest absolute Gasteiger partial charge is 0.336 e. The lowest BCUT2D eigenvalue weighted by Gasteiger charge is -2.25. The maximum atomic E-state index is 13.1. The quantitative estimate of drug-likeness (QED) is 0.424. The number of fused-ring (bicyclic) bond motifs is 4. The molecule has 2 atom stereocenters. The zero-order chi connectivity index (χ0) is 22.8. The summed E-state index contributed by atoms with van der Waals surface area (Å²) >= 11 is 0. The van der Waals surface area contributed by atoms with Crippen molar-refractivity contribution in [3.8, 4) is 0 Å². The molecule has 0 fully saturated rings. The molecule has 1 amide bonds. The van der Waals surface area contributed by atoms with Crippen LogP contribution in [0.1, 0.15) is 20.8 Å². The monoisotopic (exact) mass is 436 g/mol. The minimum atomic E-state index is -0.404. The van der Waals surface area contributed by atoms with Gasteiger partial charge in [0.1, 0.15) is 12.1 Å². The van der Waals surface area contributed by atoms with Gasteiger partial charge in [-0.05, 0) is 39.0 Å². The lowest BCUT2D eigenvalue weighted by atomic mass is 10.1.